The number of amides is 1. The van der Waals surface area contributed by atoms with Crippen LogP contribution in [0.4, 0.5) is 0 Å². The molecule has 0 heterocycles. The van der Waals surface area contributed by atoms with Crippen molar-refractivity contribution in [2.24, 2.45) is 0 Å². The van der Waals surface area contributed by atoms with Gasteiger partial charge in [0.25, 0.3) is 5.91 Å². The SMILES string of the molecule is C#CCNC(=O)COC(=O)c1ccc2ccccc2c1. The molecule has 0 aliphatic rings. The second kappa shape index (κ2) is 6.39. The number of nitrogens with one attached hydrogen (secondary N) is 1. The lowest BCUT2D eigenvalue weighted by Gasteiger charge is -2.05. The first-order valence-corrected chi connectivity index (χ1v) is 6.07. The van der Waals surface area contributed by atoms with Gasteiger partial charge in [-0.2, -0.15) is 0 Å². The molecular weight excluding hydrogens is 254 g/mol. The Balaban J connectivity index is 2.01. The Labute approximate surface area is 116 Å². The molecule has 0 aliphatic heterocycles. The van der Waals surface area contributed by atoms with Crippen molar-refractivity contribution in [3.63, 3.8) is 0 Å². The van der Waals surface area contributed by atoms with Crippen molar-refractivity contribution in [3.05, 3.63) is 48.0 Å². The van der Waals surface area contributed by atoms with Crippen LogP contribution in [0.2, 0.25) is 0 Å². The number of ether oxygens (including phenoxy) is 1. The Morgan fingerprint density at radius 2 is 1.90 bits per heavy atom. The minimum Gasteiger partial charge on any atom is -0.452 e. The van der Waals surface area contributed by atoms with Gasteiger partial charge in [0, 0.05) is 0 Å². The maximum atomic E-state index is 11.8. The Kier molecular flexibility index (Phi) is 4.35. The zero-order chi connectivity index (χ0) is 14.4. The number of carbonyl (C=O) groups excluding carboxylic acids is 2. The van der Waals surface area contributed by atoms with Gasteiger partial charge in [-0.15, -0.1) is 6.42 Å². The number of carbonyl (C=O) groups is 2. The fourth-order valence-electron chi connectivity index (χ4n) is 1.73. The largest absolute Gasteiger partial charge is 0.452 e. The van der Waals surface area contributed by atoms with E-state index in [1.54, 1.807) is 12.1 Å². The predicted octanol–water partition coefficient (Wildman–Crippen LogP) is 1.75. The van der Waals surface area contributed by atoms with E-state index in [4.69, 9.17) is 11.2 Å². The molecule has 100 valence electrons. The van der Waals surface area contributed by atoms with Crippen LogP contribution in [0.25, 0.3) is 10.8 Å². The van der Waals surface area contributed by atoms with E-state index in [-0.39, 0.29) is 13.2 Å². The summed E-state index contributed by atoms with van der Waals surface area (Å²) in [5.74, 6) is 1.31. The van der Waals surface area contributed by atoms with Crippen LogP contribution in [0.3, 0.4) is 0 Å². The molecule has 0 aliphatic carbocycles. The summed E-state index contributed by atoms with van der Waals surface area (Å²) in [5, 5.41) is 4.40. The zero-order valence-corrected chi connectivity index (χ0v) is 10.8. The van der Waals surface area contributed by atoms with Crippen molar-refractivity contribution < 1.29 is 14.3 Å². The minimum atomic E-state index is -0.536. The Morgan fingerprint density at radius 1 is 1.15 bits per heavy atom. The van der Waals surface area contributed by atoms with E-state index in [2.05, 4.69) is 11.2 Å². The molecule has 1 amide bonds. The molecule has 0 saturated carbocycles. The maximum absolute atomic E-state index is 11.8. The summed E-state index contributed by atoms with van der Waals surface area (Å²) in [6.07, 6.45) is 5.00. The summed E-state index contributed by atoms with van der Waals surface area (Å²) in [4.78, 5) is 23.1. The molecule has 2 aromatic rings. The topological polar surface area (TPSA) is 55.4 Å². The third-order valence-electron chi connectivity index (χ3n) is 2.71. The van der Waals surface area contributed by atoms with E-state index in [1.165, 1.54) is 0 Å². The molecule has 0 fully saturated rings. The van der Waals surface area contributed by atoms with E-state index < -0.39 is 11.9 Å². The third kappa shape index (κ3) is 3.36. The van der Waals surface area contributed by atoms with Crippen LogP contribution >= 0.6 is 0 Å². The van der Waals surface area contributed by atoms with Gasteiger partial charge >= 0.3 is 5.97 Å². The molecular formula is C16H13NO3. The normalized spacial score (nSPS) is 9.75. The lowest BCUT2D eigenvalue weighted by Crippen LogP contribution is -2.28. The molecule has 0 atom stereocenters. The van der Waals surface area contributed by atoms with Crippen molar-refractivity contribution in [3.8, 4) is 12.3 Å². The van der Waals surface area contributed by atoms with Gasteiger partial charge < -0.3 is 10.1 Å². The highest BCUT2D eigenvalue weighted by atomic mass is 16.5. The molecule has 0 aromatic heterocycles. The third-order valence-corrected chi connectivity index (χ3v) is 2.71. The molecule has 0 unspecified atom stereocenters. The second-order valence-electron chi connectivity index (χ2n) is 4.12. The van der Waals surface area contributed by atoms with Crippen molar-refractivity contribution in [2.75, 3.05) is 13.2 Å². The van der Waals surface area contributed by atoms with Crippen LogP contribution in [0, 0.1) is 12.3 Å². The van der Waals surface area contributed by atoms with Gasteiger partial charge in [-0.1, -0.05) is 36.3 Å². The monoisotopic (exact) mass is 267 g/mol. The standard InChI is InChI=1S/C16H13NO3/c1-2-9-17-15(18)11-20-16(19)14-8-7-12-5-3-4-6-13(12)10-14/h1,3-8,10H,9,11H2,(H,17,18). The summed E-state index contributed by atoms with van der Waals surface area (Å²) in [7, 11) is 0. The Hall–Kier alpha value is -2.80. The van der Waals surface area contributed by atoms with Crippen LogP contribution in [0.5, 0.6) is 0 Å². The summed E-state index contributed by atoms with van der Waals surface area (Å²) >= 11 is 0. The fraction of sp³-hybridized carbons (Fsp3) is 0.125. The number of rotatable bonds is 4. The quantitative estimate of drug-likeness (QED) is 0.678. The molecule has 2 aromatic carbocycles. The summed E-state index contributed by atoms with van der Waals surface area (Å²) in [5.41, 5.74) is 0.411. The van der Waals surface area contributed by atoms with E-state index in [9.17, 15) is 9.59 Å². The van der Waals surface area contributed by atoms with Crippen LogP contribution < -0.4 is 5.32 Å². The summed E-state index contributed by atoms with van der Waals surface area (Å²) in [6.45, 7) is -0.223. The average Bonchev–Trinajstić information content (AvgIpc) is 2.50. The number of esters is 1. The number of terminal acetylenes is 1. The highest BCUT2D eigenvalue weighted by molar-refractivity contribution is 5.96. The van der Waals surface area contributed by atoms with Gasteiger partial charge in [0.1, 0.15) is 0 Å². The van der Waals surface area contributed by atoms with Gasteiger partial charge in [0.15, 0.2) is 6.61 Å². The van der Waals surface area contributed by atoms with Crippen LogP contribution in [0.1, 0.15) is 10.4 Å². The van der Waals surface area contributed by atoms with Gasteiger partial charge in [0.2, 0.25) is 0 Å². The molecule has 0 bridgehead atoms. The van der Waals surface area contributed by atoms with Gasteiger partial charge in [0.05, 0.1) is 12.1 Å². The summed E-state index contributed by atoms with van der Waals surface area (Å²) < 4.78 is 4.92. The molecule has 0 radical (unpaired) electrons. The highest BCUT2D eigenvalue weighted by Crippen LogP contribution is 2.16. The smallest absolute Gasteiger partial charge is 0.338 e. The average molecular weight is 267 g/mol. The lowest BCUT2D eigenvalue weighted by atomic mass is 10.1. The van der Waals surface area contributed by atoms with Gasteiger partial charge in [-0.3, -0.25) is 4.79 Å². The van der Waals surface area contributed by atoms with E-state index in [1.807, 2.05) is 30.3 Å². The first kappa shape index (κ1) is 13.6. The first-order valence-electron chi connectivity index (χ1n) is 6.07. The Bertz CT molecular complexity index is 685. The Morgan fingerprint density at radius 3 is 2.65 bits per heavy atom. The molecule has 0 spiro atoms. The summed E-state index contributed by atoms with van der Waals surface area (Å²) in [6, 6.07) is 12.9. The van der Waals surface area contributed by atoms with Crippen LogP contribution in [0.15, 0.2) is 42.5 Å². The number of hydrogen-bond acceptors (Lipinski definition) is 3. The number of hydrogen-bond donors (Lipinski definition) is 1. The molecule has 1 N–H and O–H groups in total. The van der Waals surface area contributed by atoms with Crippen LogP contribution in [-0.4, -0.2) is 25.0 Å². The van der Waals surface area contributed by atoms with Crippen LogP contribution in [-0.2, 0) is 9.53 Å². The lowest BCUT2D eigenvalue weighted by molar-refractivity contribution is -0.123. The zero-order valence-electron chi connectivity index (χ0n) is 10.8. The van der Waals surface area contributed by atoms with Gasteiger partial charge in [-0.05, 0) is 22.9 Å². The number of fused-ring (bicyclic) bond motifs is 1. The fourth-order valence-corrected chi connectivity index (χ4v) is 1.73. The maximum Gasteiger partial charge on any atom is 0.338 e. The van der Waals surface area contributed by atoms with Crippen molar-refractivity contribution in [2.45, 2.75) is 0 Å². The van der Waals surface area contributed by atoms with Crippen molar-refractivity contribution >= 4 is 22.6 Å². The molecule has 4 heteroatoms. The van der Waals surface area contributed by atoms with E-state index >= 15 is 0 Å². The molecule has 0 saturated heterocycles. The highest BCUT2D eigenvalue weighted by Gasteiger charge is 2.10. The van der Waals surface area contributed by atoms with Crippen molar-refractivity contribution in [1.82, 2.24) is 5.32 Å². The predicted molar refractivity (Wildman–Crippen MR) is 76.1 cm³/mol. The minimum absolute atomic E-state index is 0.117. The van der Waals surface area contributed by atoms with E-state index in [0.29, 0.717) is 5.56 Å². The molecule has 20 heavy (non-hydrogen) atoms. The molecule has 4 nitrogen and oxygen atoms in total. The van der Waals surface area contributed by atoms with E-state index in [0.717, 1.165) is 10.8 Å². The van der Waals surface area contributed by atoms with Gasteiger partial charge in [-0.25, -0.2) is 4.79 Å². The van der Waals surface area contributed by atoms with Crippen molar-refractivity contribution in [1.29, 1.82) is 0 Å². The second-order valence-corrected chi connectivity index (χ2v) is 4.12. The first-order chi connectivity index (χ1) is 9.70. The molecule has 2 rings (SSSR count). The number of benzene rings is 2.